The van der Waals surface area contributed by atoms with Gasteiger partial charge in [0.05, 0.1) is 6.20 Å². The van der Waals surface area contributed by atoms with E-state index in [1.54, 1.807) is 13.2 Å². The van der Waals surface area contributed by atoms with Gasteiger partial charge in [0.2, 0.25) is 11.9 Å². The number of nitrogens with one attached hydrogen (secondary N) is 3. The molecular weight excluding hydrogens is 266 g/mol. The number of hydrogen-bond donors (Lipinski definition) is 3. The average Bonchev–Trinajstić information content (AvgIpc) is 3.20. The molecule has 0 aliphatic heterocycles. The Morgan fingerprint density at radius 3 is 3.00 bits per heavy atom. The molecule has 1 amide bonds. The normalized spacial score (nSPS) is 14.0. The smallest absolute Gasteiger partial charge is 0.224 e. The van der Waals surface area contributed by atoms with E-state index in [1.165, 1.54) is 0 Å². The molecule has 1 heterocycles. The SMILES string of the molecule is CNc1ncc(Cl)c(NCCCC(=O)NC2CC2)n1. The predicted molar refractivity (Wildman–Crippen MR) is 75.5 cm³/mol. The highest BCUT2D eigenvalue weighted by Crippen LogP contribution is 2.20. The quantitative estimate of drug-likeness (QED) is 0.663. The van der Waals surface area contributed by atoms with Gasteiger partial charge >= 0.3 is 0 Å². The molecule has 6 nitrogen and oxygen atoms in total. The molecule has 1 aromatic rings. The van der Waals surface area contributed by atoms with Crippen LogP contribution in [-0.4, -0.2) is 35.5 Å². The second kappa shape index (κ2) is 6.56. The van der Waals surface area contributed by atoms with Crippen molar-refractivity contribution in [3.8, 4) is 0 Å². The van der Waals surface area contributed by atoms with Crippen molar-refractivity contribution >= 4 is 29.3 Å². The Morgan fingerprint density at radius 2 is 2.32 bits per heavy atom. The minimum absolute atomic E-state index is 0.119. The first-order valence-corrected chi connectivity index (χ1v) is 6.80. The van der Waals surface area contributed by atoms with Crippen molar-refractivity contribution < 1.29 is 4.79 Å². The number of carbonyl (C=O) groups excluding carboxylic acids is 1. The topological polar surface area (TPSA) is 78.9 Å². The minimum atomic E-state index is 0.119. The Kier molecular flexibility index (Phi) is 4.79. The first-order valence-electron chi connectivity index (χ1n) is 6.42. The molecule has 1 aromatic heterocycles. The van der Waals surface area contributed by atoms with Crippen LogP contribution in [0, 0.1) is 0 Å². The van der Waals surface area contributed by atoms with Crippen molar-refractivity contribution in [3.63, 3.8) is 0 Å². The van der Waals surface area contributed by atoms with Crippen LogP contribution in [0.2, 0.25) is 5.02 Å². The molecule has 19 heavy (non-hydrogen) atoms. The lowest BCUT2D eigenvalue weighted by Gasteiger charge is -2.08. The van der Waals surface area contributed by atoms with E-state index in [0.29, 0.717) is 35.8 Å². The molecule has 1 saturated carbocycles. The summed E-state index contributed by atoms with van der Waals surface area (Å²) in [7, 11) is 1.75. The molecule has 1 aliphatic rings. The van der Waals surface area contributed by atoms with Gasteiger partial charge in [0.25, 0.3) is 0 Å². The average molecular weight is 284 g/mol. The summed E-state index contributed by atoms with van der Waals surface area (Å²) in [6.07, 6.45) is 5.04. The number of nitrogens with zero attached hydrogens (tertiary/aromatic N) is 2. The number of anilines is 2. The molecular formula is C12H18ClN5O. The van der Waals surface area contributed by atoms with Gasteiger partial charge in [-0.3, -0.25) is 4.79 Å². The Bertz CT molecular complexity index is 450. The molecule has 0 saturated heterocycles. The summed E-state index contributed by atoms with van der Waals surface area (Å²) < 4.78 is 0. The molecule has 0 unspecified atom stereocenters. The van der Waals surface area contributed by atoms with Crippen molar-refractivity contribution in [1.82, 2.24) is 15.3 Å². The lowest BCUT2D eigenvalue weighted by atomic mass is 10.3. The maximum atomic E-state index is 11.5. The third kappa shape index (κ3) is 4.55. The molecule has 0 radical (unpaired) electrons. The predicted octanol–water partition coefficient (Wildman–Crippen LogP) is 1.64. The molecule has 1 fully saturated rings. The third-order valence-electron chi connectivity index (χ3n) is 2.78. The van der Waals surface area contributed by atoms with Crippen molar-refractivity contribution in [1.29, 1.82) is 0 Å². The standard InChI is InChI=1S/C12H18ClN5O/c1-14-12-16-7-9(13)11(18-12)15-6-2-3-10(19)17-8-4-5-8/h7-8H,2-6H2,1H3,(H,17,19)(H2,14,15,16,18). The summed E-state index contributed by atoms with van der Waals surface area (Å²) >= 11 is 5.98. The highest BCUT2D eigenvalue weighted by Gasteiger charge is 2.22. The monoisotopic (exact) mass is 283 g/mol. The summed E-state index contributed by atoms with van der Waals surface area (Å²) in [6, 6.07) is 0.426. The third-order valence-corrected chi connectivity index (χ3v) is 3.06. The molecule has 0 atom stereocenters. The van der Waals surface area contributed by atoms with Gasteiger partial charge in [0, 0.05) is 26.1 Å². The van der Waals surface area contributed by atoms with E-state index in [4.69, 9.17) is 11.6 Å². The van der Waals surface area contributed by atoms with E-state index < -0.39 is 0 Å². The molecule has 0 bridgehead atoms. The fourth-order valence-electron chi connectivity index (χ4n) is 1.59. The summed E-state index contributed by atoms with van der Waals surface area (Å²) in [5, 5.41) is 9.38. The Labute approximate surface area is 117 Å². The maximum absolute atomic E-state index is 11.5. The van der Waals surface area contributed by atoms with Crippen LogP contribution < -0.4 is 16.0 Å². The van der Waals surface area contributed by atoms with Gasteiger partial charge in [-0.15, -0.1) is 0 Å². The second-order valence-corrected chi connectivity index (χ2v) is 4.92. The molecule has 104 valence electrons. The number of amides is 1. The van der Waals surface area contributed by atoms with Gasteiger partial charge < -0.3 is 16.0 Å². The number of rotatable bonds is 7. The lowest BCUT2D eigenvalue weighted by molar-refractivity contribution is -0.121. The van der Waals surface area contributed by atoms with Gasteiger partial charge in [-0.05, 0) is 19.3 Å². The van der Waals surface area contributed by atoms with Crippen LogP contribution in [0.3, 0.4) is 0 Å². The lowest BCUT2D eigenvalue weighted by Crippen LogP contribution is -2.25. The largest absolute Gasteiger partial charge is 0.369 e. The number of halogens is 1. The van der Waals surface area contributed by atoms with E-state index in [2.05, 4.69) is 25.9 Å². The van der Waals surface area contributed by atoms with Crippen LogP contribution in [0.4, 0.5) is 11.8 Å². The van der Waals surface area contributed by atoms with Gasteiger partial charge in [-0.2, -0.15) is 4.98 Å². The van der Waals surface area contributed by atoms with Crippen LogP contribution in [-0.2, 0) is 4.79 Å². The van der Waals surface area contributed by atoms with Gasteiger partial charge in [-0.1, -0.05) is 11.6 Å². The Balaban J connectivity index is 1.70. The number of aromatic nitrogens is 2. The van der Waals surface area contributed by atoms with Crippen LogP contribution in [0.5, 0.6) is 0 Å². The van der Waals surface area contributed by atoms with E-state index in [-0.39, 0.29) is 5.91 Å². The van der Waals surface area contributed by atoms with Gasteiger partial charge in [-0.25, -0.2) is 4.98 Å². The Morgan fingerprint density at radius 1 is 1.53 bits per heavy atom. The first kappa shape index (κ1) is 13.9. The minimum Gasteiger partial charge on any atom is -0.369 e. The highest BCUT2D eigenvalue weighted by molar-refractivity contribution is 6.32. The van der Waals surface area contributed by atoms with Crippen LogP contribution in [0.25, 0.3) is 0 Å². The van der Waals surface area contributed by atoms with Crippen molar-refractivity contribution in [2.24, 2.45) is 0 Å². The molecule has 0 spiro atoms. The van der Waals surface area contributed by atoms with Crippen LogP contribution in [0.1, 0.15) is 25.7 Å². The summed E-state index contributed by atoms with van der Waals surface area (Å²) in [5.74, 6) is 1.22. The van der Waals surface area contributed by atoms with Crippen LogP contribution >= 0.6 is 11.6 Å². The van der Waals surface area contributed by atoms with E-state index in [9.17, 15) is 4.79 Å². The molecule has 1 aliphatic carbocycles. The van der Waals surface area contributed by atoms with E-state index >= 15 is 0 Å². The zero-order chi connectivity index (χ0) is 13.7. The van der Waals surface area contributed by atoms with Gasteiger partial charge in [0.15, 0.2) is 0 Å². The molecule has 0 aromatic carbocycles. The van der Waals surface area contributed by atoms with E-state index in [0.717, 1.165) is 19.3 Å². The van der Waals surface area contributed by atoms with Crippen molar-refractivity contribution in [3.05, 3.63) is 11.2 Å². The zero-order valence-corrected chi connectivity index (χ0v) is 11.6. The Hall–Kier alpha value is -1.56. The molecule has 3 N–H and O–H groups in total. The number of hydrogen-bond acceptors (Lipinski definition) is 5. The second-order valence-electron chi connectivity index (χ2n) is 4.51. The van der Waals surface area contributed by atoms with Gasteiger partial charge in [0.1, 0.15) is 10.8 Å². The van der Waals surface area contributed by atoms with E-state index in [1.807, 2.05) is 0 Å². The fraction of sp³-hybridized carbons (Fsp3) is 0.583. The summed E-state index contributed by atoms with van der Waals surface area (Å²) in [4.78, 5) is 19.7. The molecule has 7 heteroatoms. The maximum Gasteiger partial charge on any atom is 0.224 e. The van der Waals surface area contributed by atoms with Crippen molar-refractivity contribution in [2.45, 2.75) is 31.7 Å². The highest BCUT2D eigenvalue weighted by atomic mass is 35.5. The number of carbonyl (C=O) groups is 1. The van der Waals surface area contributed by atoms with Crippen molar-refractivity contribution in [2.75, 3.05) is 24.2 Å². The van der Waals surface area contributed by atoms with Crippen LogP contribution in [0.15, 0.2) is 6.20 Å². The first-order chi connectivity index (χ1) is 9.19. The fourth-order valence-corrected chi connectivity index (χ4v) is 1.75. The zero-order valence-electron chi connectivity index (χ0n) is 10.9. The molecule has 2 rings (SSSR count). The summed E-state index contributed by atoms with van der Waals surface area (Å²) in [6.45, 7) is 0.651. The summed E-state index contributed by atoms with van der Waals surface area (Å²) in [5.41, 5.74) is 0.